The van der Waals surface area contributed by atoms with E-state index in [0.717, 1.165) is 12.1 Å². The maximum absolute atomic E-state index is 11.1. The van der Waals surface area contributed by atoms with Crippen molar-refractivity contribution in [3.8, 4) is 11.5 Å². The Balaban J connectivity index is 2.09. The number of nitrogens with one attached hydrogen (secondary N) is 1. The van der Waals surface area contributed by atoms with Crippen LogP contribution in [0.5, 0.6) is 11.5 Å². The van der Waals surface area contributed by atoms with Gasteiger partial charge in [-0.15, -0.1) is 0 Å². The molecule has 1 aliphatic carbocycles. The molecule has 0 bridgehead atoms. The van der Waals surface area contributed by atoms with Crippen LogP contribution in [0.15, 0.2) is 18.2 Å². The number of benzene rings is 1. The third-order valence-electron chi connectivity index (χ3n) is 3.48. The van der Waals surface area contributed by atoms with Gasteiger partial charge in [0, 0.05) is 18.2 Å². The van der Waals surface area contributed by atoms with E-state index in [4.69, 9.17) is 15.2 Å². The van der Waals surface area contributed by atoms with Gasteiger partial charge in [-0.2, -0.15) is 0 Å². The predicted molar refractivity (Wildman–Crippen MR) is 81.3 cm³/mol. The lowest BCUT2D eigenvalue weighted by Gasteiger charge is -2.17. The van der Waals surface area contributed by atoms with E-state index in [2.05, 4.69) is 5.32 Å². The first-order chi connectivity index (χ1) is 10.1. The zero-order valence-electron chi connectivity index (χ0n) is 12.7. The summed E-state index contributed by atoms with van der Waals surface area (Å²) in [5, 5.41) is 3.47. The Morgan fingerprint density at radius 2 is 2.19 bits per heavy atom. The molecule has 1 amide bonds. The van der Waals surface area contributed by atoms with Crippen molar-refractivity contribution in [3.63, 3.8) is 0 Å². The molecule has 1 unspecified atom stereocenters. The van der Waals surface area contributed by atoms with Gasteiger partial charge in [0.15, 0.2) is 11.5 Å². The van der Waals surface area contributed by atoms with Crippen LogP contribution in [0.2, 0.25) is 0 Å². The Morgan fingerprint density at radius 1 is 1.43 bits per heavy atom. The molecule has 0 saturated heterocycles. The molecule has 1 saturated carbocycles. The van der Waals surface area contributed by atoms with Crippen molar-refractivity contribution in [2.75, 3.05) is 13.2 Å². The second-order valence-corrected chi connectivity index (χ2v) is 5.45. The van der Waals surface area contributed by atoms with E-state index in [-0.39, 0.29) is 18.4 Å². The summed E-state index contributed by atoms with van der Waals surface area (Å²) < 4.78 is 11.5. The van der Waals surface area contributed by atoms with Crippen LogP contribution in [0.4, 0.5) is 0 Å². The maximum atomic E-state index is 11.1. The normalized spacial score (nSPS) is 15.5. The number of primary amides is 1. The summed E-state index contributed by atoms with van der Waals surface area (Å²) in [7, 11) is 0. The van der Waals surface area contributed by atoms with Crippen molar-refractivity contribution in [1.29, 1.82) is 0 Å². The van der Waals surface area contributed by atoms with Gasteiger partial charge in [0.05, 0.1) is 19.1 Å². The lowest BCUT2D eigenvalue weighted by Crippen LogP contribution is -2.26. The Hall–Kier alpha value is -1.75. The average Bonchev–Trinajstić information content (AvgIpc) is 3.28. The number of nitrogens with two attached hydrogens (primary N) is 1. The number of carbonyl (C=O) groups is 1. The molecule has 1 aromatic rings. The van der Waals surface area contributed by atoms with Crippen LogP contribution in [-0.4, -0.2) is 25.2 Å². The van der Waals surface area contributed by atoms with Gasteiger partial charge < -0.3 is 20.5 Å². The fourth-order valence-corrected chi connectivity index (χ4v) is 1.97. The summed E-state index contributed by atoms with van der Waals surface area (Å²) in [5.74, 6) is 0.732. The highest BCUT2D eigenvalue weighted by molar-refractivity contribution is 5.76. The number of carbonyl (C=O) groups excluding carboxylic acids is 1. The molecule has 5 heteroatoms. The summed E-state index contributed by atoms with van der Waals surface area (Å²) in [4.78, 5) is 11.1. The topological polar surface area (TPSA) is 73.6 Å². The average molecular weight is 292 g/mol. The van der Waals surface area contributed by atoms with Crippen molar-refractivity contribution in [3.05, 3.63) is 23.8 Å². The standard InChI is InChI=1S/C16H24N2O3/c1-3-20-14-6-4-5-12(9-18-13-7-8-13)15(14)21-10-11(2)16(17)19/h4-6,11,13,18H,3,7-10H2,1-2H3,(H2,17,19). The van der Waals surface area contributed by atoms with Crippen molar-refractivity contribution in [1.82, 2.24) is 5.32 Å². The maximum Gasteiger partial charge on any atom is 0.223 e. The van der Waals surface area contributed by atoms with Gasteiger partial charge in [0.1, 0.15) is 0 Å². The fraction of sp³-hybridized carbons (Fsp3) is 0.562. The molecule has 0 aliphatic heterocycles. The highest BCUT2D eigenvalue weighted by Gasteiger charge is 2.21. The van der Waals surface area contributed by atoms with Crippen LogP contribution in [-0.2, 0) is 11.3 Å². The first-order valence-corrected chi connectivity index (χ1v) is 7.52. The molecule has 0 radical (unpaired) electrons. The quantitative estimate of drug-likeness (QED) is 0.728. The smallest absolute Gasteiger partial charge is 0.223 e. The number of hydrogen-bond acceptors (Lipinski definition) is 4. The summed E-state index contributed by atoms with van der Waals surface area (Å²) in [6.45, 7) is 5.27. The van der Waals surface area contributed by atoms with E-state index in [1.807, 2.05) is 25.1 Å². The van der Waals surface area contributed by atoms with Crippen LogP contribution in [0.3, 0.4) is 0 Å². The van der Waals surface area contributed by atoms with Gasteiger partial charge in [0.2, 0.25) is 5.91 Å². The third kappa shape index (κ3) is 4.63. The molecule has 1 fully saturated rings. The molecule has 2 rings (SSSR count). The summed E-state index contributed by atoms with van der Waals surface area (Å²) in [6.07, 6.45) is 2.47. The SMILES string of the molecule is CCOc1cccc(CNC2CC2)c1OCC(C)C(N)=O. The minimum atomic E-state index is -0.360. The monoisotopic (exact) mass is 292 g/mol. The van der Waals surface area contributed by atoms with Crippen LogP contribution in [0.25, 0.3) is 0 Å². The third-order valence-corrected chi connectivity index (χ3v) is 3.48. The molecule has 5 nitrogen and oxygen atoms in total. The van der Waals surface area contributed by atoms with Gasteiger partial charge in [-0.05, 0) is 25.8 Å². The van der Waals surface area contributed by atoms with Crippen molar-refractivity contribution >= 4 is 5.91 Å². The van der Waals surface area contributed by atoms with E-state index in [1.165, 1.54) is 12.8 Å². The minimum Gasteiger partial charge on any atom is -0.490 e. The van der Waals surface area contributed by atoms with Gasteiger partial charge >= 0.3 is 0 Å². The minimum absolute atomic E-state index is 0.260. The summed E-state index contributed by atoms with van der Waals surface area (Å²) in [5.41, 5.74) is 6.32. The Bertz CT molecular complexity index is 486. The first kappa shape index (κ1) is 15.6. The Kier molecular flexibility index (Phi) is 5.44. The highest BCUT2D eigenvalue weighted by atomic mass is 16.5. The van der Waals surface area contributed by atoms with Crippen molar-refractivity contribution < 1.29 is 14.3 Å². The number of para-hydroxylation sites is 1. The van der Waals surface area contributed by atoms with E-state index in [9.17, 15) is 4.79 Å². The Labute approximate surface area is 125 Å². The summed E-state index contributed by atoms with van der Waals surface area (Å²) in [6, 6.07) is 6.48. The largest absolute Gasteiger partial charge is 0.490 e. The van der Waals surface area contributed by atoms with Crippen molar-refractivity contribution in [2.45, 2.75) is 39.3 Å². The molecule has 1 atom stereocenters. The molecular weight excluding hydrogens is 268 g/mol. The molecule has 0 spiro atoms. The zero-order valence-corrected chi connectivity index (χ0v) is 12.7. The predicted octanol–water partition coefficient (Wildman–Crippen LogP) is 1.84. The van der Waals surface area contributed by atoms with E-state index in [1.54, 1.807) is 6.92 Å². The van der Waals surface area contributed by atoms with Crippen LogP contribution in [0.1, 0.15) is 32.3 Å². The molecule has 3 N–H and O–H groups in total. The number of ether oxygens (including phenoxy) is 2. The highest BCUT2D eigenvalue weighted by Crippen LogP contribution is 2.32. The number of amides is 1. The van der Waals surface area contributed by atoms with Crippen LogP contribution in [0, 0.1) is 5.92 Å². The van der Waals surface area contributed by atoms with E-state index < -0.39 is 0 Å². The Morgan fingerprint density at radius 3 is 2.81 bits per heavy atom. The number of rotatable bonds is 9. The van der Waals surface area contributed by atoms with E-state index >= 15 is 0 Å². The molecule has 1 aliphatic rings. The fourth-order valence-electron chi connectivity index (χ4n) is 1.97. The molecule has 116 valence electrons. The molecule has 0 aromatic heterocycles. The second kappa shape index (κ2) is 7.31. The van der Waals surface area contributed by atoms with Gasteiger partial charge in [-0.3, -0.25) is 4.79 Å². The molecule has 0 heterocycles. The lowest BCUT2D eigenvalue weighted by molar-refractivity contribution is -0.122. The van der Waals surface area contributed by atoms with Crippen LogP contribution < -0.4 is 20.5 Å². The van der Waals surface area contributed by atoms with Gasteiger partial charge in [-0.1, -0.05) is 19.1 Å². The van der Waals surface area contributed by atoms with E-state index in [0.29, 0.717) is 24.1 Å². The molecule has 1 aromatic carbocycles. The van der Waals surface area contributed by atoms with Gasteiger partial charge in [-0.25, -0.2) is 0 Å². The van der Waals surface area contributed by atoms with Gasteiger partial charge in [0.25, 0.3) is 0 Å². The van der Waals surface area contributed by atoms with Crippen LogP contribution >= 0.6 is 0 Å². The second-order valence-electron chi connectivity index (χ2n) is 5.45. The number of hydrogen-bond donors (Lipinski definition) is 2. The first-order valence-electron chi connectivity index (χ1n) is 7.52. The molecular formula is C16H24N2O3. The zero-order chi connectivity index (χ0) is 15.2. The molecule has 21 heavy (non-hydrogen) atoms. The lowest BCUT2D eigenvalue weighted by atomic mass is 10.1. The van der Waals surface area contributed by atoms with Crippen molar-refractivity contribution in [2.24, 2.45) is 11.7 Å². The summed E-state index contributed by atoms with van der Waals surface area (Å²) >= 11 is 0.